The Balaban J connectivity index is 2.01. The zero-order valence-electron chi connectivity index (χ0n) is 15.6. The summed E-state index contributed by atoms with van der Waals surface area (Å²) in [6.45, 7) is 0.406. The topological polar surface area (TPSA) is 59.8 Å². The minimum Gasteiger partial charge on any atom is -0.353 e. The van der Waals surface area contributed by atoms with Crippen LogP contribution in [0.3, 0.4) is 0 Å². The van der Waals surface area contributed by atoms with Gasteiger partial charge in [-0.3, -0.25) is 4.79 Å². The van der Waals surface area contributed by atoms with Crippen molar-refractivity contribution in [2.75, 3.05) is 12.4 Å². The van der Waals surface area contributed by atoms with Crippen molar-refractivity contribution in [2.24, 2.45) is 0 Å². The molecule has 0 aliphatic heterocycles. The first-order valence-electron chi connectivity index (χ1n) is 9.14. The molecular formula is C21H16ClF3N4O. The summed E-state index contributed by atoms with van der Waals surface area (Å²) >= 11 is 5.52. The molecule has 0 aliphatic carbocycles. The number of hydrogen-bond donors (Lipinski definition) is 1. The summed E-state index contributed by atoms with van der Waals surface area (Å²) in [5.41, 5.74) is -0.0370. The van der Waals surface area contributed by atoms with E-state index in [-0.39, 0.29) is 35.9 Å². The maximum atomic E-state index is 13.8. The highest BCUT2D eigenvalue weighted by Crippen LogP contribution is 2.38. The first-order valence-corrected chi connectivity index (χ1v) is 9.68. The van der Waals surface area contributed by atoms with E-state index in [4.69, 9.17) is 11.6 Å². The zero-order chi connectivity index (χ0) is 21.3. The van der Waals surface area contributed by atoms with Crippen LogP contribution in [0, 0.1) is 0 Å². The van der Waals surface area contributed by atoms with Crippen molar-refractivity contribution in [1.82, 2.24) is 19.9 Å². The molecule has 0 aliphatic rings. The summed E-state index contributed by atoms with van der Waals surface area (Å²) in [4.78, 5) is 19.7. The maximum Gasteiger partial charge on any atom is 0.435 e. The van der Waals surface area contributed by atoms with Gasteiger partial charge in [-0.15, -0.1) is 11.6 Å². The number of amides is 1. The molecule has 2 aromatic heterocycles. The van der Waals surface area contributed by atoms with E-state index < -0.39 is 11.9 Å². The number of nitrogens with one attached hydrogen (secondary N) is 1. The largest absolute Gasteiger partial charge is 0.435 e. The molecule has 4 rings (SSSR count). The minimum atomic E-state index is -4.66. The normalized spacial score (nSPS) is 11.9. The number of aromatic nitrogens is 3. The Morgan fingerprint density at radius 2 is 1.73 bits per heavy atom. The van der Waals surface area contributed by atoms with Crippen molar-refractivity contribution in [3.05, 3.63) is 60.3 Å². The average molecular weight is 433 g/mol. The first-order chi connectivity index (χ1) is 14.4. The number of rotatable bonds is 5. The van der Waals surface area contributed by atoms with E-state index in [0.717, 1.165) is 0 Å². The van der Waals surface area contributed by atoms with Gasteiger partial charge in [-0.25, -0.2) is 9.97 Å². The van der Waals surface area contributed by atoms with Crippen molar-refractivity contribution in [1.29, 1.82) is 0 Å². The highest BCUT2D eigenvalue weighted by atomic mass is 35.5. The Morgan fingerprint density at radius 3 is 2.43 bits per heavy atom. The van der Waals surface area contributed by atoms with Gasteiger partial charge in [0, 0.05) is 24.0 Å². The van der Waals surface area contributed by atoms with Gasteiger partial charge in [0.05, 0.1) is 11.0 Å². The Hall–Kier alpha value is -3.13. The molecular weight excluding hydrogens is 417 g/mol. The van der Waals surface area contributed by atoms with Crippen molar-refractivity contribution < 1.29 is 18.0 Å². The summed E-state index contributed by atoms with van der Waals surface area (Å²) in [7, 11) is 0. The van der Waals surface area contributed by atoms with Crippen molar-refractivity contribution >= 4 is 39.4 Å². The Bertz CT molecular complexity index is 1220. The molecule has 9 heteroatoms. The fourth-order valence-corrected chi connectivity index (χ4v) is 3.51. The van der Waals surface area contributed by atoms with Crippen LogP contribution < -0.4 is 5.32 Å². The van der Waals surface area contributed by atoms with E-state index in [9.17, 15) is 18.0 Å². The third kappa shape index (κ3) is 3.70. The number of halogens is 4. The predicted molar refractivity (Wildman–Crippen MR) is 109 cm³/mol. The van der Waals surface area contributed by atoms with Crippen LogP contribution in [0.15, 0.2) is 54.6 Å². The van der Waals surface area contributed by atoms with E-state index in [0.29, 0.717) is 22.3 Å². The Morgan fingerprint density at radius 1 is 1.03 bits per heavy atom. The van der Waals surface area contributed by atoms with E-state index in [1.54, 1.807) is 53.1 Å². The molecule has 4 aromatic rings. The van der Waals surface area contributed by atoms with Gasteiger partial charge in [0.25, 0.3) is 0 Å². The van der Waals surface area contributed by atoms with Gasteiger partial charge < -0.3 is 9.88 Å². The molecule has 0 saturated heterocycles. The summed E-state index contributed by atoms with van der Waals surface area (Å²) in [6, 6.07) is 15.6. The van der Waals surface area contributed by atoms with Gasteiger partial charge in [-0.1, -0.05) is 48.5 Å². The molecule has 1 amide bonds. The smallest absolute Gasteiger partial charge is 0.353 e. The van der Waals surface area contributed by atoms with Crippen LogP contribution in [0.2, 0.25) is 0 Å². The van der Waals surface area contributed by atoms with E-state index >= 15 is 0 Å². The molecule has 2 aromatic carbocycles. The van der Waals surface area contributed by atoms with E-state index in [2.05, 4.69) is 15.3 Å². The first kappa shape index (κ1) is 20.2. The number of alkyl halides is 4. The number of nitrogens with zero attached hydrogens (tertiary/aromatic N) is 3. The molecule has 2 heterocycles. The fraction of sp³-hybridized carbons (Fsp3) is 0.190. The molecule has 0 saturated carbocycles. The number of pyridine rings is 1. The summed E-state index contributed by atoms with van der Waals surface area (Å²) < 4.78 is 43.1. The molecule has 0 atom stereocenters. The zero-order valence-corrected chi connectivity index (χ0v) is 16.3. The predicted octanol–water partition coefficient (Wildman–Crippen LogP) is 4.63. The van der Waals surface area contributed by atoms with Gasteiger partial charge in [-0.2, -0.15) is 13.2 Å². The molecule has 5 nitrogen and oxygen atoms in total. The number of para-hydroxylation sites is 1. The number of hydrogen-bond acceptors (Lipinski definition) is 3. The molecule has 0 bridgehead atoms. The second kappa shape index (κ2) is 7.95. The molecule has 1 N–H and O–H groups in total. The summed E-state index contributed by atoms with van der Waals surface area (Å²) in [6.07, 6.45) is -4.66. The van der Waals surface area contributed by atoms with Crippen LogP contribution >= 0.6 is 11.6 Å². The molecule has 0 unspecified atom stereocenters. The lowest BCUT2D eigenvalue weighted by Gasteiger charge is -2.13. The van der Waals surface area contributed by atoms with Gasteiger partial charge in [0.15, 0.2) is 5.69 Å². The van der Waals surface area contributed by atoms with Gasteiger partial charge in [0.1, 0.15) is 17.2 Å². The number of benzene rings is 2. The summed E-state index contributed by atoms with van der Waals surface area (Å²) in [5, 5.41) is 3.20. The average Bonchev–Trinajstić information content (AvgIpc) is 3.12. The summed E-state index contributed by atoms with van der Waals surface area (Å²) in [5.74, 6) is -0.180. The maximum absolute atomic E-state index is 13.8. The van der Waals surface area contributed by atoms with Crippen LogP contribution in [0.5, 0.6) is 0 Å². The molecule has 154 valence electrons. The molecule has 0 fully saturated rings. The SMILES string of the molecule is O=C(CCl)NCCn1c(-c2ccccc2)nc2c(C(F)(F)F)nc3ccccc3c21. The molecule has 0 spiro atoms. The van der Waals surface area contributed by atoms with Crippen molar-refractivity contribution in [3.8, 4) is 11.4 Å². The molecule has 0 radical (unpaired) electrons. The van der Waals surface area contributed by atoms with Crippen molar-refractivity contribution in [3.63, 3.8) is 0 Å². The fourth-order valence-electron chi connectivity index (χ4n) is 3.41. The number of imidazole rings is 1. The number of fused-ring (bicyclic) bond motifs is 3. The van der Waals surface area contributed by atoms with Gasteiger partial charge >= 0.3 is 6.18 Å². The van der Waals surface area contributed by atoms with Gasteiger partial charge in [0.2, 0.25) is 5.91 Å². The van der Waals surface area contributed by atoms with Crippen LogP contribution in [0.25, 0.3) is 33.3 Å². The van der Waals surface area contributed by atoms with Crippen LogP contribution in [-0.2, 0) is 17.5 Å². The van der Waals surface area contributed by atoms with Crippen molar-refractivity contribution in [2.45, 2.75) is 12.7 Å². The quantitative estimate of drug-likeness (QED) is 0.468. The Kier molecular flexibility index (Phi) is 5.34. The van der Waals surface area contributed by atoms with Crippen LogP contribution in [-0.4, -0.2) is 32.9 Å². The monoisotopic (exact) mass is 432 g/mol. The standard InChI is InChI=1S/C21H16ClF3N4O/c22-12-16(30)26-10-11-29-18-14-8-4-5-9-15(14)27-19(21(23,24)25)17(18)28-20(29)13-6-2-1-3-7-13/h1-9H,10-12H2,(H,26,30). The van der Waals surface area contributed by atoms with Crippen LogP contribution in [0.4, 0.5) is 13.2 Å². The third-order valence-electron chi connectivity index (χ3n) is 4.66. The van der Waals surface area contributed by atoms with E-state index in [1.165, 1.54) is 0 Å². The lowest BCUT2D eigenvalue weighted by atomic mass is 10.1. The third-order valence-corrected chi connectivity index (χ3v) is 4.91. The van der Waals surface area contributed by atoms with Gasteiger partial charge in [-0.05, 0) is 6.07 Å². The second-order valence-corrected chi connectivity index (χ2v) is 6.88. The second-order valence-electron chi connectivity index (χ2n) is 6.61. The number of carbonyl (C=O) groups excluding carboxylic acids is 1. The highest BCUT2D eigenvalue weighted by molar-refractivity contribution is 6.27. The van der Waals surface area contributed by atoms with Crippen LogP contribution in [0.1, 0.15) is 5.69 Å². The lowest BCUT2D eigenvalue weighted by molar-refractivity contribution is -0.139. The highest BCUT2D eigenvalue weighted by Gasteiger charge is 2.37. The Labute approximate surface area is 174 Å². The minimum absolute atomic E-state index is 0.189. The number of carbonyl (C=O) groups is 1. The van der Waals surface area contributed by atoms with E-state index in [1.807, 2.05) is 6.07 Å². The molecule has 30 heavy (non-hydrogen) atoms. The lowest BCUT2D eigenvalue weighted by Crippen LogP contribution is -2.28.